The maximum Gasteiger partial charge on any atom is 0.228 e. The Bertz CT molecular complexity index is 671. The second-order valence-corrected chi connectivity index (χ2v) is 7.53. The van der Waals surface area contributed by atoms with Gasteiger partial charge in [-0.05, 0) is 26.2 Å². The number of rotatable bonds is 6. The monoisotopic (exact) mass is 374 g/mol. The van der Waals surface area contributed by atoms with Crippen molar-refractivity contribution in [3.63, 3.8) is 0 Å². The number of piperazine rings is 1. The van der Waals surface area contributed by atoms with Crippen molar-refractivity contribution in [2.45, 2.75) is 6.42 Å². The van der Waals surface area contributed by atoms with Gasteiger partial charge in [-0.15, -0.1) is 0 Å². The highest BCUT2D eigenvalue weighted by Gasteiger charge is 2.37. The van der Waals surface area contributed by atoms with Crippen LogP contribution >= 0.6 is 0 Å². The quantitative estimate of drug-likeness (QED) is 0.736. The molecule has 0 saturated carbocycles. The summed E-state index contributed by atoms with van der Waals surface area (Å²) in [4.78, 5) is 33.1. The van der Waals surface area contributed by atoms with Gasteiger partial charge in [0.15, 0.2) is 0 Å². The van der Waals surface area contributed by atoms with Gasteiger partial charge in [-0.2, -0.15) is 0 Å². The highest BCUT2D eigenvalue weighted by Crippen LogP contribution is 2.29. The van der Waals surface area contributed by atoms with Crippen molar-refractivity contribution in [2.75, 3.05) is 71.9 Å². The number of para-hydroxylation sites is 2. The van der Waals surface area contributed by atoms with Gasteiger partial charge in [0.05, 0.1) is 18.7 Å². The van der Waals surface area contributed by atoms with Gasteiger partial charge in [-0.1, -0.05) is 12.1 Å². The third-order valence-corrected chi connectivity index (χ3v) is 5.40. The van der Waals surface area contributed by atoms with Gasteiger partial charge in [-0.3, -0.25) is 9.59 Å². The van der Waals surface area contributed by atoms with Crippen LogP contribution in [0.2, 0.25) is 0 Å². The average Bonchev–Trinajstić information content (AvgIpc) is 3.06. The summed E-state index contributed by atoms with van der Waals surface area (Å²) in [5.41, 5.74) is 1.07. The van der Waals surface area contributed by atoms with E-state index in [1.165, 1.54) is 0 Å². The van der Waals surface area contributed by atoms with E-state index in [2.05, 4.69) is 15.9 Å². The summed E-state index contributed by atoms with van der Waals surface area (Å²) < 4.78 is 5.45. The number of anilines is 1. The second-order valence-electron chi connectivity index (χ2n) is 7.53. The molecule has 2 amide bonds. The number of ether oxygens (including phenoxy) is 1. The van der Waals surface area contributed by atoms with Crippen molar-refractivity contribution in [3.05, 3.63) is 24.3 Å². The molecular formula is C20H30N4O3. The van der Waals surface area contributed by atoms with Crippen molar-refractivity contribution in [3.8, 4) is 5.75 Å². The average molecular weight is 374 g/mol. The van der Waals surface area contributed by atoms with Gasteiger partial charge in [-0.25, -0.2) is 0 Å². The number of likely N-dealkylation sites (tertiary alicyclic amines) is 1. The molecule has 0 aliphatic carbocycles. The lowest BCUT2D eigenvalue weighted by Gasteiger charge is -2.37. The number of hydrogen-bond acceptors (Lipinski definition) is 5. The predicted octanol–water partition coefficient (Wildman–Crippen LogP) is 0.754. The number of likely N-dealkylation sites (N-methyl/N-ethyl adjacent to an activating group) is 1. The van der Waals surface area contributed by atoms with Crippen LogP contribution in [0.1, 0.15) is 6.42 Å². The number of hydrogen-bond donors (Lipinski definition) is 0. The first kappa shape index (κ1) is 19.5. The molecule has 2 saturated heterocycles. The van der Waals surface area contributed by atoms with Gasteiger partial charge >= 0.3 is 0 Å². The summed E-state index contributed by atoms with van der Waals surface area (Å²) in [6, 6.07) is 7.97. The number of methoxy groups -OCH3 is 1. The van der Waals surface area contributed by atoms with E-state index in [1.807, 2.05) is 42.1 Å². The van der Waals surface area contributed by atoms with Gasteiger partial charge in [0, 0.05) is 52.2 Å². The SMILES string of the molecule is COc1ccccc1N1CCN(C(=O)C2CC(=O)N(CCN(C)C)C2)CC1. The highest BCUT2D eigenvalue weighted by atomic mass is 16.5. The van der Waals surface area contributed by atoms with Crippen LogP contribution in [0.25, 0.3) is 0 Å². The van der Waals surface area contributed by atoms with Crippen molar-refractivity contribution >= 4 is 17.5 Å². The summed E-state index contributed by atoms with van der Waals surface area (Å²) in [6.45, 7) is 4.98. The molecular weight excluding hydrogens is 344 g/mol. The van der Waals surface area contributed by atoms with E-state index in [-0.39, 0.29) is 17.7 Å². The Kier molecular flexibility index (Phi) is 6.21. The summed E-state index contributed by atoms with van der Waals surface area (Å²) >= 11 is 0. The molecule has 27 heavy (non-hydrogen) atoms. The molecule has 2 heterocycles. The Labute approximate surface area is 161 Å². The van der Waals surface area contributed by atoms with Gasteiger partial charge in [0.25, 0.3) is 0 Å². The minimum atomic E-state index is -0.197. The zero-order valence-electron chi connectivity index (χ0n) is 16.6. The molecule has 1 atom stereocenters. The van der Waals surface area contributed by atoms with Crippen LogP contribution < -0.4 is 9.64 Å². The van der Waals surface area contributed by atoms with Crippen LogP contribution in [-0.4, -0.2) is 93.5 Å². The lowest BCUT2D eigenvalue weighted by molar-refractivity contribution is -0.136. The van der Waals surface area contributed by atoms with E-state index in [9.17, 15) is 9.59 Å². The fourth-order valence-corrected chi connectivity index (χ4v) is 3.79. The fourth-order valence-electron chi connectivity index (χ4n) is 3.79. The molecule has 7 nitrogen and oxygen atoms in total. The zero-order chi connectivity index (χ0) is 19.4. The smallest absolute Gasteiger partial charge is 0.228 e. The van der Waals surface area contributed by atoms with Crippen LogP contribution in [0.15, 0.2) is 24.3 Å². The molecule has 2 aliphatic rings. The van der Waals surface area contributed by atoms with Gasteiger partial charge < -0.3 is 24.3 Å². The first-order valence-corrected chi connectivity index (χ1v) is 9.59. The van der Waals surface area contributed by atoms with E-state index in [0.29, 0.717) is 32.6 Å². The van der Waals surface area contributed by atoms with E-state index in [0.717, 1.165) is 31.1 Å². The topological polar surface area (TPSA) is 56.3 Å². The van der Waals surface area contributed by atoms with Crippen LogP contribution in [0, 0.1) is 5.92 Å². The Balaban J connectivity index is 1.54. The van der Waals surface area contributed by atoms with Crippen molar-refractivity contribution in [1.29, 1.82) is 0 Å². The van der Waals surface area contributed by atoms with Gasteiger partial charge in [0.1, 0.15) is 5.75 Å². The van der Waals surface area contributed by atoms with Crippen molar-refractivity contribution < 1.29 is 14.3 Å². The molecule has 0 spiro atoms. The normalized spacial score (nSPS) is 20.5. The third kappa shape index (κ3) is 4.53. The van der Waals surface area contributed by atoms with Crippen LogP contribution in [-0.2, 0) is 9.59 Å². The molecule has 0 bridgehead atoms. The van der Waals surface area contributed by atoms with Crippen LogP contribution in [0.5, 0.6) is 5.75 Å². The first-order valence-electron chi connectivity index (χ1n) is 9.59. The number of carbonyl (C=O) groups is 2. The maximum atomic E-state index is 12.9. The summed E-state index contributed by atoms with van der Waals surface area (Å²) in [5.74, 6) is 0.880. The molecule has 1 unspecified atom stereocenters. The lowest BCUT2D eigenvalue weighted by atomic mass is 10.1. The number of amides is 2. The molecule has 0 radical (unpaired) electrons. The third-order valence-electron chi connectivity index (χ3n) is 5.40. The Morgan fingerprint density at radius 3 is 2.56 bits per heavy atom. The molecule has 3 rings (SSSR count). The Hall–Kier alpha value is -2.28. The lowest BCUT2D eigenvalue weighted by Crippen LogP contribution is -2.50. The predicted molar refractivity (Wildman–Crippen MR) is 105 cm³/mol. The zero-order valence-corrected chi connectivity index (χ0v) is 16.6. The fraction of sp³-hybridized carbons (Fsp3) is 0.600. The standard InChI is InChI=1S/C20H30N4O3/c1-21(2)8-9-24-15-16(14-19(24)25)20(26)23-12-10-22(11-13-23)17-6-4-5-7-18(17)27-3/h4-7,16H,8-15H2,1-3H3. The van der Waals surface area contributed by atoms with E-state index < -0.39 is 0 Å². The second kappa shape index (κ2) is 8.61. The molecule has 1 aromatic rings. The number of carbonyl (C=O) groups excluding carboxylic acids is 2. The molecule has 2 fully saturated rings. The molecule has 7 heteroatoms. The van der Waals surface area contributed by atoms with Gasteiger partial charge in [0.2, 0.25) is 11.8 Å². The molecule has 0 aromatic heterocycles. The molecule has 148 valence electrons. The number of nitrogens with zero attached hydrogens (tertiary/aromatic N) is 4. The van der Waals surface area contributed by atoms with Crippen LogP contribution in [0.3, 0.4) is 0 Å². The van der Waals surface area contributed by atoms with Crippen molar-refractivity contribution in [1.82, 2.24) is 14.7 Å². The highest BCUT2D eigenvalue weighted by molar-refractivity contribution is 5.89. The molecule has 2 aliphatic heterocycles. The Morgan fingerprint density at radius 2 is 1.89 bits per heavy atom. The van der Waals surface area contributed by atoms with E-state index >= 15 is 0 Å². The molecule has 0 N–H and O–H groups in total. The van der Waals surface area contributed by atoms with E-state index in [4.69, 9.17) is 4.74 Å². The summed E-state index contributed by atoms with van der Waals surface area (Å²) in [5, 5.41) is 0. The van der Waals surface area contributed by atoms with Crippen LogP contribution in [0.4, 0.5) is 5.69 Å². The molecule has 1 aromatic carbocycles. The van der Waals surface area contributed by atoms with E-state index in [1.54, 1.807) is 7.11 Å². The number of benzene rings is 1. The van der Waals surface area contributed by atoms with Crippen molar-refractivity contribution in [2.24, 2.45) is 5.92 Å². The minimum absolute atomic E-state index is 0.0999. The minimum Gasteiger partial charge on any atom is -0.495 e. The summed E-state index contributed by atoms with van der Waals surface area (Å²) in [6.07, 6.45) is 0.346. The Morgan fingerprint density at radius 1 is 1.19 bits per heavy atom. The summed E-state index contributed by atoms with van der Waals surface area (Å²) in [7, 11) is 5.66. The maximum absolute atomic E-state index is 12.9. The first-order chi connectivity index (χ1) is 13.0. The largest absolute Gasteiger partial charge is 0.495 e.